The first-order valence-electron chi connectivity index (χ1n) is 6.79. The lowest BCUT2D eigenvalue weighted by Crippen LogP contribution is -1.91. The van der Waals surface area contributed by atoms with E-state index in [1.54, 1.807) is 6.20 Å². The van der Waals surface area contributed by atoms with Gasteiger partial charge in [-0.2, -0.15) is 0 Å². The highest BCUT2D eigenvalue weighted by atomic mass is 35.5. The van der Waals surface area contributed by atoms with Crippen LogP contribution in [0.3, 0.4) is 0 Å². The fourth-order valence-corrected chi connectivity index (χ4v) is 2.39. The molecule has 104 valence electrons. The van der Waals surface area contributed by atoms with Gasteiger partial charge in [-0.1, -0.05) is 41.4 Å². The minimum atomic E-state index is 0.634. The first-order valence-corrected chi connectivity index (χ1v) is 7.17. The summed E-state index contributed by atoms with van der Waals surface area (Å²) in [7, 11) is 0. The maximum atomic E-state index is 6.13. The fourth-order valence-electron chi connectivity index (χ4n) is 2.23. The Hall–Kier alpha value is -2.19. The van der Waals surface area contributed by atoms with Gasteiger partial charge in [-0.3, -0.25) is 9.97 Å². The summed E-state index contributed by atoms with van der Waals surface area (Å²) in [6.07, 6.45) is 3.53. The van der Waals surface area contributed by atoms with Crippen LogP contribution in [-0.2, 0) is 0 Å². The lowest BCUT2D eigenvalue weighted by atomic mass is 9.99. The third-order valence-electron chi connectivity index (χ3n) is 3.40. The van der Waals surface area contributed by atoms with Gasteiger partial charge in [0.15, 0.2) is 0 Å². The number of hydrogen-bond acceptors (Lipinski definition) is 2. The number of hydrogen-bond donors (Lipinski definition) is 0. The summed E-state index contributed by atoms with van der Waals surface area (Å²) < 4.78 is 0. The van der Waals surface area contributed by atoms with E-state index < -0.39 is 0 Å². The van der Waals surface area contributed by atoms with E-state index in [1.165, 1.54) is 5.56 Å². The number of benzene rings is 1. The van der Waals surface area contributed by atoms with Crippen LogP contribution in [0.15, 0.2) is 54.9 Å². The van der Waals surface area contributed by atoms with Crippen LogP contribution in [0.4, 0.5) is 0 Å². The molecule has 2 heterocycles. The maximum absolute atomic E-state index is 6.13. The van der Waals surface area contributed by atoms with Gasteiger partial charge in [0.2, 0.25) is 0 Å². The molecule has 0 aliphatic rings. The highest BCUT2D eigenvalue weighted by molar-refractivity contribution is 6.30. The molecular weight excluding hydrogens is 280 g/mol. The quantitative estimate of drug-likeness (QED) is 0.658. The lowest BCUT2D eigenvalue weighted by Gasteiger charge is -2.10. The molecule has 0 spiro atoms. The van der Waals surface area contributed by atoms with E-state index in [-0.39, 0.29) is 0 Å². The van der Waals surface area contributed by atoms with Gasteiger partial charge in [0.1, 0.15) is 0 Å². The van der Waals surface area contributed by atoms with Crippen molar-refractivity contribution in [3.8, 4) is 22.4 Å². The molecule has 0 amide bonds. The van der Waals surface area contributed by atoms with Gasteiger partial charge in [-0.25, -0.2) is 0 Å². The van der Waals surface area contributed by atoms with Gasteiger partial charge in [0.05, 0.1) is 10.7 Å². The van der Waals surface area contributed by atoms with Crippen LogP contribution < -0.4 is 0 Å². The summed E-state index contributed by atoms with van der Waals surface area (Å²) in [5.41, 5.74) is 6.24. The Labute approximate surface area is 129 Å². The van der Waals surface area contributed by atoms with Crippen molar-refractivity contribution in [1.82, 2.24) is 9.97 Å². The molecule has 0 fully saturated rings. The van der Waals surface area contributed by atoms with Gasteiger partial charge in [-0.15, -0.1) is 0 Å². The van der Waals surface area contributed by atoms with Crippen molar-refractivity contribution in [3.63, 3.8) is 0 Å². The van der Waals surface area contributed by atoms with E-state index in [9.17, 15) is 0 Å². The molecule has 0 N–H and O–H groups in total. The molecule has 0 bridgehead atoms. The largest absolute Gasteiger partial charge is 0.261 e. The molecule has 2 aromatic heterocycles. The Morgan fingerprint density at radius 3 is 2.19 bits per heavy atom. The number of pyridine rings is 2. The molecule has 0 aliphatic carbocycles. The molecule has 1 aromatic carbocycles. The van der Waals surface area contributed by atoms with Gasteiger partial charge in [-0.05, 0) is 37.6 Å². The van der Waals surface area contributed by atoms with E-state index in [0.717, 1.165) is 28.1 Å². The highest BCUT2D eigenvalue weighted by Crippen LogP contribution is 2.32. The number of aromatic nitrogens is 2. The van der Waals surface area contributed by atoms with Crippen LogP contribution in [0.25, 0.3) is 22.4 Å². The first-order chi connectivity index (χ1) is 10.1. The fraction of sp³-hybridized carbons (Fsp3) is 0.111. The number of rotatable bonds is 2. The highest BCUT2D eigenvalue weighted by Gasteiger charge is 2.10. The average Bonchev–Trinajstić information content (AvgIpc) is 2.49. The first kappa shape index (κ1) is 13.8. The molecule has 3 heteroatoms. The minimum absolute atomic E-state index is 0.634. The van der Waals surface area contributed by atoms with Crippen molar-refractivity contribution >= 4 is 11.6 Å². The molecule has 0 atom stereocenters. The summed E-state index contributed by atoms with van der Waals surface area (Å²) in [5.74, 6) is 0. The molecule has 3 aromatic rings. The van der Waals surface area contributed by atoms with Crippen LogP contribution >= 0.6 is 11.6 Å². The number of nitrogens with zero attached hydrogens (tertiary/aromatic N) is 2. The van der Waals surface area contributed by atoms with Gasteiger partial charge in [0.25, 0.3) is 0 Å². The van der Waals surface area contributed by atoms with E-state index in [2.05, 4.69) is 41.2 Å². The standard InChI is InChI=1S/C18H15ClN2/c1-12-3-6-14(7-4-12)17-9-16(19)11-21-18(17)15-8-5-13(2)20-10-15/h3-11H,1-2H3. The Morgan fingerprint density at radius 1 is 0.810 bits per heavy atom. The molecule has 0 saturated heterocycles. The van der Waals surface area contributed by atoms with Crippen molar-refractivity contribution in [3.05, 3.63) is 71.1 Å². The normalized spacial score (nSPS) is 10.6. The van der Waals surface area contributed by atoms with Crippen LogP contribution in [0.5, 0.6) is 0 Å². The van der Waals surface area contributed by atoms with Crippen molar-refractivity contribution in [2.45, 2.75) is 13.8 Å². The van der Waals surface area contributed by atoms with Gasteiger partial charge < -0.3 is 0 Å². The Balaban J connectivity index is 2.17. The van der Waals surface area contributed by atoms with Crippen LogP contribution in [-0.4, -0.2) is 9.97 Å². The van der Waals surface area contributed by atoms with Crippen LogP contribution in [0, 0.1) is 13.8 Å². The van der Waals surface area contributed by atoms with Gasteiger partial charge in [0, 0.05) is 29.2 Å². The minimum Gasteiger partial charge on any atom is -0.261 e. The monoisotopic (exact) mass is 294 g/mol. The second kappa shape index (κ2) is 5.66. The van der Waals surface area contributed by atoms with Crippen molar-refractivity contribution in [2.75, 3.05) is 0 Å². The van der Waals surface area contributed by atoms with E-state index in [0.29, 0.717) is 5.02 Å². The second-order valence-electron chi connectivity index (χ2n) is 5.10. The second-order valence-corrected chi connectivity index (χ2v) is 5.54. The van der Waals surface area contributed by atoms with Gasteiger partial charge >= 0.3 is 0 Å². The van der Waals surface area contributed by atoms with Crippen LogP contribution in [0.1, 0.15) is 11.3 Å². The summed E-state index contributed by atoms with van der Waals surface area (Å²) in [6, 6.07) is 14.3. The third-order valence-corrected chi connectivity index (χ3v) is 3.61. The Bertz CT molecular complexity index is 762. The molecule has 2 nitrogen and oxygen atoms in total. The SMILES string of the molecule is Cc1ccc(-c2cc(Cl)cnc2-c2ccc(C)nc2)cc1. The molecule has 3 rings (SSSR count). The lowest BCUT2D eigenvalue weighted by molar-refractivity contribution is 1.19. The molecule has 0 unspecified atom stereocenters. The zero-order valence-electron chi connectivity index (χ0n) is 12.0. The van der Waals surface area contributed by atoms with E-state index >= 15 is 0 Å². The van der Waals surface area contributed by atoms with Crippen molar-refractivity contribution in [2.24, 2.45) is 0 Å². The number of halogens is 1. The zero-order chi connectivity index (χ0) is 14.8. The summed E-state index contributed by atoms with van der Waals surface area (Å²) in [5, 5.41) is 0.634. The summed E-state index contributed by atoms with van der Waals surface area (Å²) >= 11 is 6.13. The summed E-state index contributed by atoms with van der Waals surface area (Å²) in [6.45, 7) is 4.05. The summed E-state index contributed by atoms with van der Waals surface area (Å²) in [4.78, 5) is 8.86. The predicted octanol–water partition coefficient (Wildman–Crippen LogP) is 5.08. The average molecular weight is 295 g/mol. The Kier molecular flexibility index (Phi) is 3.72. The van der Waals surface area contributed by atoms with Crippen LogP contribution in [0.2, 0.25) is 5.02 Å². The maximum Gasteiger partial charge on any atom is 0.0796 e. The predicted molar refractivity (Wildman–Crippen MR) is 87.4 cm³/mol. The van der Waals surface area contributed by atoms with Crippen molar-refractivity contribution in [1.29, 1.82) is 0 Å². The van der Waals surface area contributed by atoms with E-state index in [1.807, 2.05) is 31.3 Å². The molecule has 21 heavy (non-hydrogen) atoms. The van der Waals surface area contributed by atoms with E-state index in [4.69, 9.17) is 11.6 Å². The molecule has 0 radical (unpaired) electrons. The van der Waals surface area contributed by atoms with Crippen molar-refractivity contribution < 1.29 is 0 Å². The molecule has 0 aliphatic heterocycles. The third kappa shape index (κ3) is 2.96. The molecular formula is C18H15ClN2. The zero-order valence-corrected chi connectivity index (χ0v) is 12.7. The molecule has 0 saturated carbocycles. The number of aryl methyl sites for hydroxylation is 2. The topological polar surface area (TPSA) is 25.8 Å². The smallest absolute Gasteiger partial charge is 0.0796 e. The Morgan fingerprint density at radius 2 is 1.52 bits per heavy atom.